The standard InChI is InChI=1S/C11H12N4O3S/c1-7(11(17)18)12-10(16)9-6-15(14-13-9)5-8-3-2-4-19-8/h2-4,6-7H,5H2,1H3,(H,12,16)(H,17,18)/t7-/m1/s1. The number of carbonyl (C=O) groups is 2. The van der Waals surface area contributed by atoms with Crippen LogP contribution >= 0.6 is 11.3 Å². The minimum absolute atomic E-state index is 0.102. The molecule has 0 aromatic carbocycles. The summed E-state index contributed by atoms with van der Waals surface area (Å²) in [6.07, 6.45) is 1.49. The third-order valence-corrected chi connectivity index (χ3v) is 3.25. The highest BCUT2D eigenvalue weighted by molar-refractivity contribution is 7.09. The van der Waals surface area contributed by atoms with Crippen LogP contribution in [0.1, 0.15) is 22.3 Å². The van der Waals surface area contributed by atoms with Crippen molar-refractivity contribution in [1.29, 1.82) is 0 Å². The molecule has 2 N–H and O–H groups in total. The van der Waals surface area contributed by atoms with E-state index in [0.29, 0.717) is 6.54 Å². The van der Waals surface area contributed by atoms with Gasteiger partial charge in [0.1, 0.15) is 6.04 Å². The molecule has 2 heterocycles. The molecule has 8 heteroatoms. The average molecular weight is 280 g/mol. The fraction of sp³-hybridized carbons (Fsp3) is 0.273. The molecule has 0 aliphatic carbocycles. The van der Waals surface area contributed by atoms with Crippen molar-refractivity contribution in [3.63, 3.8) is 0 Å². The van der Waals surface area contributed by atoms with Gasteiger partial charge in [-0.05, 0) is 18.4 Å². The first-order valence-electron chi connectivity index (χ1n) is 5.52. The fourth-order valence-corrected chi connectivity index (χ4v) is 2.07. The molecular weight excluding hydrogens is 268 g/mol. The number of thiophene rings is 1. The summed E-state index contributed by atoms with van der Waals surface area (Å²) in [7, 11) is 0. The molecular formula is C11H12N4O3S. The van der Waals surface area contributed by atoms with Gasteiger partial charge in [-0.15, -0.1) is 16.4 Å². The SMILES string of the molecule is C[C@@H](NC(=O)c1cn(Cc2cccs2)nn1)C(=O)O. The first-order valence-corrected chi connectivity index (χ1v) is 6.40. The van der Waals surface area contributed by atoms with Gasteiger partial charge in [-0.3, -0.25) is 9.59 Å². The second-order valence-electron chi connectivity index (χ2n) is 3.91. The number of carbonyl (C=O) groups excluding carboxylic acids is 1. The highest BCUT2D eigenvalue weighted by Crippen LogP contribution is 2.09. The largest absolute Gasteiger partial charge is 0.480 e. The van der Waals surface area contributed by atoms with Gasteiger partial charge in [-0.1, -0.05) is 11.3 Å². The molecule has 19 heavy (non-hydrogen) atoms. The van der Waals surface area contributed by atoms with Gasteiger partial charge in [-0.2, -0.15) is 0 Å². The van der Waals surface area contributed by atoms with Crippen LogP contribution in [0.4, 0.5) is 0 Å². The summed E-state index contributed by atoms with van der Waals surface area (Å²) in [4.78, 5) is 23.4. The van der Waals surface area contributed by atoms with Crippen molar-refractivity contribution in [2.45, 2.75) is 19.5 Å². The summed E-state index contributed by atoms with van der Waals surface area (Å²) in [5, 5.41) is 20.5. The Hall–Kier alpha value is -2.22. The maximum atomic E-state index is 11.7. The maximum absolute atomic E-state index is 11.7. The molecule has 100 valence electrons. The quantitative estimate of drug-likeness (QED) is 0.835. The van der Waals surface area contributed by atoms with E-state index < -0.39 is 17.9 Å². The summed E-state index contributed by atoms with van der Waals surface area (Å²) in [5.74, 6) is -1.65. The molecule has 1 atom stereocenters. The Morgan fingerprint density at radius 2 is 2.37 bits per heavy atom. The van der Waals surface area contributed by atoms with Crippen LogP contribution in [-0.4, -0.2) is 38.0 Å². The zero-order valence-corrected chi connectivity index (χ0v) is 10.9. The molecule has 2 aromatic heterocycles. The van der Waals surface area contributed by atoms with E-state index in [9.17, 15) is 9.59 Å². The Bertz CT molecular complexity index is 579. The van der Waals surface area contributed by atoms with Crippen molar-refractivity contribution in [3.05, 3.63) is 34.3 Å². The van der Waals surface area contributed by atoms with Crippen LogP contribution in [0, 0.1) is 0 Å². The molecule has 2 rings (SSSR count). The Morgan fingerprint density at radius 1 is 1.58 bits per heavy atom. The predicted octanol–water partition coefficient (Wildman–Crippen LogP) is 0.591. The summed E-state index contributed by atoms with van der Waals surface area (Å²) < 4.78 is 1.53. The van der Waals surface area contributed by atoms with Gasteiger partial charge < -0.3 is 10.4 Å². The Morgan fingerprint density at radius 3 is 3.00 bits per heavy atom. The molecule has 1 amide bonds. The minimum atomic E-state index is -1.10. The summed E-state index contributed by atoms with van der Waals surface area (Å²) in [6, 6.07) is 2.92. The summed E-state index contributed by atoms with van der Waals surface area (Å²) in [5.41, 5.74) is 0.102. The third-order valence-electron chi connectivity index (χ3n) is 2.39. The van der Waals surface area contributed by atoms with E-state index in [-0.39, 0.29) is 5.69 Å². The number of nitrogens with zero attached hydrogens (tertiary/aromatic N) is 3. The summed E-state index contributed by atoms with van der Waals surface area (Å²) in [6.45, 7) is 1.92. The van der Waals surface area contributed by atoms with Crippen molar-refractivity contribution < 1.29 is 14.7 Å². The lowest BCUT2D eigenvalue weighted by Crippen LogP contribution is -2.38. The zero-order chi connectivity index (χ0) is 13.8. The average Bonchev–Trinajstić information content (AvgIpc) is 3.00. The van der Waals surface area contributed by atoms with E-state index in [4.69, 9.17) is 5.11 Å². The number of carboxylic acid groups (broad SMARTS) is 1. The normalized spacial score (nSPS) is 12.1. The van der Waals surface area contributed by atoms with Gasteiger partial charge >= 0.3 is 5.97 Å². The topological polar surface area (TPSA) is 97.1 Å². The van der Waals surface area contributed by atoms with Crippen LogP contribution < -0.4 is 5.32 Å². The number of carboxylic acids is 1. The molecule has 0 radical (unpaired) electrons. The third kappa shape index (κ3) is 3.38. The van der Waals surface area contributed by atoms with Crippen LogP contribution in [0.5, 0.6) is 0 Å². The Balaban J connectivity index is 2.00. The number of nitrogens with one attached hydrogen (secondary N) is 1. The molecule has 0 saturated heterocycles. The number of rotatable bonds is 5. The van der Waals surface area contributed by atoms with Crippen LogP contribution in [0.15, 0.2) is 23.7 Å². The highest BCUT2D eigenvalue weighted by atomic mass is 32.1. The van der Waals surface area contributed by atoms with Crippen LogP contribution in [0.2, 0.25) is 0 Å². The number of aromatic nitrogens is 3. The molecule has 0 fully saturated rings. The van der Waals surface area contributed by atoms with Gasteiger partial charge in [0, 0.05) is 4.88 Å². The van der Waals surface area contributed by atoms with Crippen molar-refractivity contribution in [1.82, 2.24) is 20.3 Å². The van der Waals surface area contributed by atoms with E-state index >= 15 is 0 Å². The smallest absolute Gasteiger partial charge is 0.325 e. The Kier molecular flexibility index (Phi) is 3.91. The molecule has 0 unspecified atom stereocenters. The van der Waals surface area contributed by atoms with Gasteiger partial charge in [0.2, 0.25) is 0 Å². The fourth-order valence-electron chi connectivity index (χ4n) is 1.37. The second-order valence-corrected chi connectivity index (χ2v) is 4.95. The molecule has 0 aliphatic heterocycles. The highest BCUT2D eigenvalue weighted by Gasteiger charge is 2.17. The van der Waals surface area contributed by atoms with Gasteiger partial charge in [0.05, 0.1) is 12.7 Å². The molecule has 2 aromatic rings. The van der Waals surface area contributed by atoms with E-state index in [2.05, 4.69) is 15.6 Å². The molecule has 7 nitrogen and oxygen atoms in total. The second kappa shape index (κ2) is 5.61. The molecule has 0 spiro atoms. The van der Waals surface area contributed by atoms with E-state index in [0.717, 1.165) is 4.88 Å². The molecule has 0 bridgehead atoms. The monoisotopic (exact) mass is 280 g/mol. The molecule has 0 saturated carbocycles. The first-order chi connectivity index (χ1) is 9.06. The van der Waals surface area contributed by atoms with Crippen molar-refractivity contribution >= 4 is 23.2 Å². The van der Waals surface area contributed by atoms with E-state index in [1.54, 1.807) is 11.3 Å². The number of hydrogen-bond acceptors (Lipinski definition) is 5. The number of amides is 1. The van der Waals surface area contributed by atoms with Crippen LogP contribution in [0.3, 0.4) is 0 Å². The van der Waals surface area contributed by atoms with E-state index in [1.807, 2.05) is 17.5 Å². The lowest BCUT2D eigenvalue weighted by molar-refractivity contribution is -0.138. The lowest BCUT2D eigenvalue weighted by atomic mass is 10.3. The van der Waals surface area contributed by atoms with Crippen molar-refractivity contribution in [3.8, 4) is 0 Å². The van der Waals surface area contributed by atoms with Gasteiger partial charge in [0.15, 0.2) is 5.69 Å². The molecule has 0 aliphatic rings. The maximum Gasteiger partial charge on any atom is 0.325 e. The lowest BCUT2D eigenvalue weighted by Gasteiger charge is -2.06. The Labute approximate surface area is 112 Å². The van der Waals surface area contributed by atoms with Crippen LogP contribution in [0.25, 0.3) is 0 Å². The minimum Gasteiger partial charge on any atom is -0.480 e. The van der Waals surface area contributed by atoms with Gasteiger partial charge in [-0.25, -0.2) is 4.68 Å². The first kappa shape index (κ1) is 13.2. The predicted molar refractivity (Wildman–Crippen MR) is 68.0 cm³/mol. The number of aliphatic carboxylic acids is 1. The van der Waals surface area contributed by atoms with Crippen molar-refractivity contribution in [2.75, 3.05) is 0 Å². The number of hydrogen-bond donors (Lipinski definition) is 2. The zero-order valence-electron chi connectivity index (χ0n) is 10.1. The van der Waals surface area contributed by atoms with Crippen molar-refractivity contribution in [2.24, 2.45) is 0 Å². The summed E-state index contributed by atoms with van der Waals surface area (Å²) >= 11 is 1.58. The van der Waals surface area contributed by atoms with E-state index in [1.165, 1.54) is 17.8 Å². The van der Waals surface area contributed by atoms with Crippen LogP contribution in [-0.2, 0) is 11.3 Å². The van der Waals surface area contributed by atoms with Gasteiger partial charge in [0.25, 0.3) is 5.91 Å².